The van der Waals surface area contributed by atoms with Gasteiger partial charge in [-0.2, -0.15) is 13.2 Å². The van der Waals surface area contributed by atoms with Crippen LogP contribution < -0.4 is 9.97 Å². The minimum atomic E-state index is -4.69. The lowest BCUT2D eigenvalue weighted by Crippen LogP contribution is -2.53. The minimum Gasteiger partial charge on any atom is -0.534 e. The molecule has 13 heteroatoms. The van der Waals surface area contributed by atoms with Crippen molar-refractivity contribution in [2.75, 3.05) is 13.4 Å². The molecule has 0 fully saturated rings. The van der Waals surface area contributed by atoms with Crippen LogP contribution in [0.1, 0.15) is 29.3 Å². The van der Waals surface area contributed by atoms with E-state index in [9.17, 15) is 32.6 Å². The number of alkyl halides is 3. The summed E-state index contributed by atoms with van der Waals surface area (Å²) in [5, 5.41) is 12.1. The molecule has 0 aliphatic carbocycles. The van der Waals surface area contributed by atoms with Crippen molar-refractivity contribution in [3.8, 4) is 5.75 Å². The molecule has 1 aromatic rings. The number of fused-ring (bicyclic) bond motifs is 1. The molecule has 0 bridgehead atoms. The molecule has 1 aliphatic heterocycles. The Hall–Kier alpha value is -2.96. The molecule has 9 nitrogen and oxygen atoms in total. The summed E-state index contributed by atoms with van der Waals surface area (Å²) >= 11 is 0. The highest BCUT2D eigenvalue weighted by molar-refractivity contribution is 6.47. The largest absolute Gasteiger partial charge is 0.547 e. The standard InChI is InChI=1S/C16H17BF3NO8/c1-2-26-15(24)28-8-27-14(23)10-5-3-4-9-6-11(17(25)29-13(9)10)21-12(22)7-16(18,19)20/h3-5,11,25H,2,6-8H2,1H3,(H,21,22)/t11-/m0/s1. The van der Waals surface area contributed by atoms with Gasteiger partial charge in [0.15, 0.2) is 0 Å². The topological polar surface area (TPSA) is 120 Å². The molecule has 1 aliphatic rings. The number of ether oxygens (including phenoxy) is 3. The average Bonchev–Trinajstić information content (AvgIpc) is 2.60. The number of esters is 1. The number of carbonyl (C=O) groups is 3. The van der Waals surface area contributed by atoms with Crippen LogP contribution in [0, 0.1) is 0 Å². The van der Waals surface area contributed by atoms with E-state index >= 15 is 0 Å². The predicted octanol–water partition coefficient (Wildman–Crippen LogP) is 1.37. The summed E-state index contributed by atoms with van der Waals surface area (Å²) in [5.74, 6) is -3.45. The van der Waals surface area contributed by atoms with Crippen molar-refractivity contribution in [1.82, 2.24) is 5.32 Å². The van der Waals surface area contributed by atoms with Gasteiger partial charge in [0.05, 0.1) is 12.5 Å². The van der Waals surface area contributed by atoms with Crippen LogP contribution in [-0.4, -0.2) is 55.7 Å². The van der Waals surface area contributed by atoms with Crippen LogP contribution in [0.5, 0.6) is 5.75 Å². The Morgan fingerprint density at radius 2 is 2.00 bits per heavy atom. The molecular formula is C16H17BF3NO8. The molecule has 0 saturated carbocycles. The molecule has 1 amide bonds. The number of rotatable bonds is 6. The van der Waals surface area contributed by atoms with E-state index in [0.717, 1.165) is 0 Å². The van der Waals surface area contributed by atoms with Crippen LogP contribution in [0.25, 0.3) is 0 Å². The molecule has 0 spiro atoms. The second kappa shape index (κ2) is 9.50. The Morgan fingerprint density at radius 1 is 1.28 bits per heavy atom. The summed E-state index contributed by atoms with van der Waals surface area (Å²) in [6.45, 7) is 0.913. The summed E-state index contributed by atoms with van der Waals surface area (Å²) < 4.78 is 55.9. The lowest BCUT2D eigenvalue weighted by atomic mass is 9.72. The molecule has 2 rings (SSSR count). The Balaban J connectivity index is 2.03. The molecule has 1 atom stereocenters. The molecule has 1 aromatic carbocycles. The van der Waals surface area contributed by atoms with Crippen LogP contribution >= 0.6 is 0 Å². The van der Waals surface area contributed by atoms with E-state index in [2.05, 4.69) is 14.8 Å². The van der Waals surface area contributed by atoms with Crippen LogP contribution in [0.3, 0.4) is 0 Å². The number of nitrogens with one attached hydrogen (secondary N) is 1. The third-order valence-electron chi connectivity index (χ3n) is 3.68. The summed E-state index contributed by atoms with van der Waals surface area (Å²) in [4.78, 5) is 34.7. The molecule has 1 heterocycles. The van der Waals surface area contributed by atoms with Gasteiger partial charge in [-0.25, -0.2) is 9.59 Å². The van der Waals surface area contributed by atoms with E-state index in [1.54, 1.807) is 6.92 Å². The molecule has 0 radical (unpaired) electrons. The Bertz CT molecular complexity index is 773. The normalized spacial score (nSPS) is 15.6. The second-order valence-electron chi connectivity index (χ2n) is 5.85. The molecule has 158 valence electrons. The van der Waals surface area contributed by atoms with Crippen LogP contribution in [-0.2, 0) is 25.4 Å². The first-order chi connectivity index (χ1) is 13.6. The molecular weight excluding hydrogens is 402 g/mol. The zero-order valence-corrected chi connectivity index (χ0v) is 15.2. The van der Waals surface area contributed by atoms with Crippen molar-refractivity contribution in [2.24, 2.45) is 0 Å². The fourth-order valence-corrected chi connectivity index (χ4v) is 2.52. The van der Waals surface area contributed by atoms with Gasteiger partial charge in [-0.3, -0.25) is 4.79 Å². The first kappa shape index (κ1) is 22.3. The van der Waals surface area contributed by atoms with Crippen LogP contribution in [0.2, 0.25) is 0 Å². The number of hydrogen-bond donors (Lipinski definition) is 2. The Labute approximate surface area is 163 Å². The lowest BCUT2D eigenvalue weighted by Gasteiger charge is -2.29. The highest BCUT2D eigenvalue weighted by Gasteiger charge is 2.40. The lowest BCUT2D eigenvalue weighted by molar-refractivity contribution is -0.154. The number of benzene rings is 1. The van der Waals surface area contributed by atoms with Crippen LogP contribution in [0.4, 0.5) is 18.0 Å². The predicted molar refractivity (Wildman–Crippen MR) is 89.7 cm³/mol. The fourth-order valence-electron chi connectivity index (χ4n) is 2.52. The van der Waals surface area contributed by atoms with E-state index in [0.29, 0.717) is 5.56 Å². The van der Waals surface area contributed by atoms with Crippen molar-refractivity contribution < 1.29 is 51.4 Å². The van der Waals surface area contributed by atoms with Gasteiger partial charge < -0.3 is 29.2 Å². The Kier molecular flexibility index (Phi) is 7.32. The first-order valence-electron chi connectivity index (χ1n) is 8.40. The van der Waals surface area contributed by atoms with Gasteiger partial charge in [-0.1, -0.05) is 12.1 Å². The van der Waals surface area contributed by atoms with E-state index < -0.39 is 50.5 Å². The third kappa shape index (κ3) is 6.56. The minimum absolute atomic E-state index is 0.0533. The van der Waals surface area contributed by atoms with Crippen molar-refractivity contribution >= 4 is 25.2 Å². The van der Waals surface area contributed by atoms with Crippen molar-refractivity contribution in [3.05, 3.63) is 29.3 Å². The van der Waals surface area contributed by atoms with Crippen molar-refractivity contribution in [1.29, 1.82) is 0 Å². The molecule has 0 unspecified atom stereocenters. The number of amides is 1. The van der Waals surface area contributed by atoms with Crippen LogP contribution in [0.15, 0.2) is 18.2 Å². The van der Waals surface area contributed by atoms with E-state index in [1.807, 2.05) is 0 Å². The van der Waals surface area contributed by atoms with Gasteiger partial charge in [-0.15, -0.1) is 0 Å². The van der Waals surface area contributed by atoms with Gasteiger partial charge in [0.1, 0.15) is 17.7 Å². The SMILES string of the molecule is CCOC(=O)OCOC(=O)c1cccc2c1OB(O)[C@@H](NC(=O)CC(F)(F)F)C2. The number of halogens is 3. The van der Waals surface area contributed by atoms with Crippen molar-refractivity contribution in [3.63, 3.8) is 0 Å². The van der Waals surface area contributed by atoms with E-state index in [-0.39, 0.29) is 24.3 Å². The van der Waals surface area contributed by atoms with Gasteiger partial charge in [0.25, 0.3) is 0 Å². The zero-order chi connectivity index (χ0) is 21.6. The Morgan fingerprint density at radius 3 is 2.66 bits per heavy atom. The zero-order valence-electron chi connectivity index (χ0n) is 15.2. The number of carbonyl (C=O) groups excluding carboxylic acids is 3. The quantitative estimate of drug-likeness (QED) is 0.403. The number of hydrogen-bond acceptors (Lipinski definition) is 8. The smallest absolute Gasteiger partial charge is 0.534 e. The molecule has 0 aromatic heterocycles. The number of para-hydroxylation sites is 1. The highest BCUT2D eigenvalue weighted by Crippen LogP contribution is 2.31. The van der Waals surface area contributed by atoms with Crippen molar-refractivity contribution in [2.45, 2.75) is 31.9 Å². The summed E-state index contributed by atoms with van der Waals surface area (Å²) in [6.07, 6.45) is -7.50. The third-order valence-corrected chi connectivity index (χ3v) is 3.68. The fraction of sp³-hybridized carbons (Fsp3) is 0.438. The molecule has 0 saturated heterocycles. The second-order valence-corrected chi connectivity index (χ2v) is 5.85. The summed E-state index contributed by atoms with van der Waals surface area (Å²) in [5.41, 5.74) is 0.252. The first-order valence-corrected chi connectivity index (χ1v) is 8.40. The molecule has 29 heavy (non-hydrogen) atoms. The maximum Gasteiger partial charge on any atom is 0.547 e. The summed E-state index contributed by atoms with van der Waals surface area (Å²) in [6, 6.07) is 4.29. The van der Waals surface area contributed by atoms with Gasteiger partial charge >= 0.3 is 25.4 Å². The highest BCUT2D eigenvalue weighted by atomic mass is 19.4. The van der Waals surface area contributed by atoms with E-state index in [4.69, 9.17) is 9.39 Å². The van der Waals surface area contributed by atoms with Gasteiger partial charge in [0, 0.05) is 0 Å². The monoisotopic (exact) mass is 419 g/mol. The maximum atomic E-state index is 12.3. The van der Waals surface area contributed by atoms with Gasteiger partial charge in [0.2, 0.25) is 12.7 Å². The molecule has 2 N–H and O–H groups in total. The summed E-state index contributed by atoms with van der Waals surface area (Å²) in [7, 11) is -1.69. The van der Waals surface area contributed by atoms with E-state index in [1.165, 1.54) is 18.2 Å². The van der Waals surface area contributed by atoms with Gasteiger partial charge in [-0.05, 0) is 25.0 Å². The average molecular weight is 419 g/mol. The maximum absolute atomic E-state index is 12.3.